The second-order valence-electron chi connectivity index (χ2n) is 5.76. The van der Waals surface area contributed by atoms with Crippen LogP contribution in [0.25, 0.3) is 11.0 Å². The first-order valence-electron chi connectivity index (χ1n) is 8.03. The molecule has 0 amide bonds. The van der Waals surface area contributed by atoms with E-state index in [2.05, 4.69) is 12.1 Å². The smallest absolute Gasteiger partial charge is 0.343 e. The zero-order valence-corrected chi connectivity index (χ0v) is 13.0. The Morgan fingerprint density at radius 1 is 0.826 bits per heavy atom. The Kier molecular flexibility index (Phi) is 4.77. The first-order valence-corrected chi connectivity index (χ1v) is 8.03. The van der Waals surface area contributed by atoms with E-state index in [0.29, 0.717) is 23.0 Å². The lowest BCUT2D eigenvalue weighted by Crippen LogP contribution is -2.08. The quantitative estimate of drug-likeness (QED) is 0.540. The normalized spacial score (nSPS) is 11.0. The third-order valence-electron chi connectivity index (χ3n) is 4.11. The van der Waals surface area contributed by atoms with Crippen LogP contribution in [0.15, 0.2) is 63.8 Å². The summed E-state index contributed by atoms with van der Waals surface area (Å²) in [7, 11) is 0. The number of aromatic hydroxyl groups is 1. The van der Waals surface area contributed by atoms with Crippen LogP contribution in [-0.2, 0) is 12.8 Å². The number of rotatable bonds is 6. The predicted octanol–water partition coefficient (Wildman–Crippen LogP) is 4.45. The van der Waals surface area contributed by atoms with Crippen LogP contribution >= 0.6 is 0 Å². The SMILES string of the molecule is O=c1oc2ccccc2c(O)c1CCCCCc1ccccc1. The zero-order chi connectivity index (χ0) is 16.1. The molecular weight excluding hydrogens is 288 g/mol. The van der Waals surface area contributed by atoms with E-state index in [-0.39, 0.29) is 5.75 Å². The summed E-state index contributed by atoms with van der Waals surface area (Å²) in [6, 6.07) is 17.5. The first kappa shape index (κ1) is 15.3. The summed E-state index contributed by atoms with van der Waals surface area (Å²) in [5.41, 5.74) is 1.73. The molecule has 0 spiro atoms. The molecule has 118 valence electrons. The average molecular weight is 308 g/mol. The second-order valence-corrected chi connectivity index (χ2v) is 5.76. The third-order valence-corrected chi connectivity index (χ3v) is 4.11. The van der Waals surface area contributed by atoms with Gasteiger partial charge in [-0.2, -0.15) is 0 Å². The van der Waals surface area contributed by atoms with E-state index < -0.39 is 5.63 Å². The van der Waals surface area contributed by atoms with Crippen molar-refractivity contribution in [1.82, 2.24) is 0 Å². The van der Waals surface area contributed by atoms with E-state index in [0.717, 1.165) is 25.7 Å². The van der Waals surface area contributed by atoms with Crippen molar-refractivity contribution in [3.8, 4) is 5.75 Å². The van der Waals surface area contributed by atoms with Crippen LogP contribution in [0, 0.1) is 0 Å². The molecule has 0 bridgehead atoms. The molecule has 0 aliphatic heterocycles. The van der Waals surface area contributed by atoms with E-state index in [1.165, 1.54) is 5.56 Å². The summed E-state index contributed by atoms with van der Waals surface area (Å²) >= 11 is 0. The molecule has 3 aromatic rings. The Bertz CT molecular complexity index is 834. The maximum atomic E-state index is 12.0. The second kappa shape index (κ2) is 7.14. The summed E-state index contributed by atoms with van der Waals surface area (Å²) in [4.78, 5) is 12.0. The Hall–Kier alpha value is -2.55. The van der Waals surface area contributed by atoms with E-state index in [1.807, 2.05) is 24.3 Å². The van der Waals surface area contributed by atoms with Crippen molar-refractivity contribution in [3.05, 3.63) is 76.1 Å². The van der Waals surface area contributed by atoms with Gasteiger partial charge in [-0.15, -0.1) is 0 Å². The number of aryl methyl sites for hydroxylation is 1. The summed E-state index contributed by atoms with van der Waals surface area (Å²) in [5, 5.41) is 10.9. The van der Waals surface area contributed by atoms with Crippen LogP contribution in [0.2, 0.25) is 0 Å². The van der Waals surface area contributed by atoms with E-state index >= 15 is 0 Å². The van der Waals surface area contributed by atoms with Crippen molar-refractivity contribution in [1.29, 1.82) is 0 Å². The van der Waals surface area contributed by atoms with Crippen LogP contribution in [0.1, 0.15) is 30.4 Å². The molecule has 0 saturated carbocycles. The maximum absolute atomic E-state index is 12.0. The number of unbranched alkanes of at least 4 members (excludes halogenated alkanes) is 2. The summed E-state index contributed by atoms with van der Waals surface area (Å²) < 4.78 is 5.28. The summed E-state index contributed by atoms with van der Waals surface area (Å²) in [5.74, 6) is 0.0694. The van der Waals surface area contributed by atoms with Gasteiger partial charge < -0.3 is 9.52 Å². The molecule has 23 heavy (non-hydrogen) atoms. The minimum Gasteiger partial charge on any atom is -0.507 e. The molecule has 3 rings (SSSR count). The van der Waals surface area contributed by atoms with Crippen molar-refractivity contribution in [2.75, 3.05) is 0 Å². The molecule has 0 aliphatic rings. The van der Waals surface area contributed by atoms with Crippen LogP contribution < -0.4 is 5.63 Å². The molecule has 1 N–H and O–H groups in total. The van der Waals surface area contributed by atoms with Crippen molar-refractivity contribution in [3.63, 3.8) is 0 Å². The number of hydrogen-bond donors (Lipinski definition) is 1. The minimum absolute atomic E-state index is 0.0694. The highest BCUT2D eigenvalue weighted by atomic mass is 16.4. The summed E-state index contributed by atoms with van der Waals surface area (Å²) in [6.07, 6.45) is 4.54. The Labute approximate surface area is 135 Å². The van der Waals surface area contributed by atoms with Gasteiger partial charge in [-0.3, -0.25) is 0 Å². The Morgan fingerprint density at radius 2 is 1.52 bits per heavy atom. The first-order chi connectivity index (χ1) is 11.3. The van der Waals surface area contributed by atoms with Crippen LogP contribution in [-0.4, -0.2) is 5.11 Å². The zero-order valence-electron chi connectivity index (χ0n) is 13.0. The lowest BCUT2D eigenvalue weighted by Gasteiger charge is -2.06. The molecule has 0 fully saturated rings. The van der Waals surface area contributed by atoms with Gasteiger partial charge in [-0.25, -0.2) is 4.79 Å². The fourth-order valence-electron chi connectivity index (χ4n) is 2.84. The molecular formula is C20H20O3. The minimum atomic E-state index is -0.427. The monoisotopic (exact) mass is 308 g/mol. The van der Waals surface area contributed by atoms with Crippen molar-refractivity contribution < 1.29 is 9.52 Å². The van der Waals surface area contributed by atoms with Gasteiger partial charge in [0, 0.05) is 0 Å². The number of benzene rings is 2. The molecule has 2 aromatic carbocycles. The standard InChI is InChI=1S/C20H20O3/c21-19-16-12-7-8-14-18(16)23-20(22)17(19)13-6-2-5-11-15-9-3-1-4-10-15/h1,3-4,7-10,12,14,21H,2,5-6,11,13H2. The average Bonchev–Trinajstić information content (AvgIpc) is 2.58. The van der Waals surface area contributed by atoms with Gasteiger partial charge in [0.05, 0.1) is 10.9 Å². The largest absolute Gasteiger partial charge is 0.507 e. The van der Waals surface area contributed by atoms with Crippen LogP contribution in [0.5, 0.6) is 5.75 Å². The Morgan fingerprint density at radius 3 is 2.35 bits per heavy atom. The van der Waals surface area contributed by atoms with Gasteiger partial charge >= 0.3 is 5.63 Å². The van der Waals surface area contributed by atoms with E-state index in [9.17, 15) is 9.90 Å². The van der Waals surface area contributed by atoms with Gasteiger partial charge in [-0.05, 0) is 43.4 Å². The van der Waals surface area contributed by atoms with Gasteiger partial charge in [0.1, 0.15) is 11.3 Å². The van der Waals surface area contributed by atoms with Crippen LogP contribution in [0.4, 0.5) is 0 Å². The van der Waals surface area contributed by atoms with Gasteiger partial charge in [0.2, 0.25) is 0 Å². The van der Waals surface area contributed by atoms with Crippen molar-refractivity contribution in [2.45, 2.75) is 32.1 Å². The molecule has 0 atom stereocenters. The summed E-state index contributed by atoms with van der Waals surface area (Å²) in [6.45, 7) is 0. The molecule has 0 radical (unpaired) electrons. The van der Waals surface area contributed by atoms with Gasteiger partial charge in [0.25, 0.3) is 0 Å². The maximum Gasteiger partial charge on any atom is 0.343 e. The fraction of sp³-hybridized carbons (Fsp3) is 0.250. The van der Waals surface area contributed by atoms with E-state index in [1.54, 1.807) is 18.2 Å². The van der Waals surface area contributed by atoms with Gasteiger partial charge in [0.15, 0.2) is 0 Å². The van der Waals surface area contributed by atoms with Crippen LogP contribution in [0.3, 0.4) is 0 Å². The highest BCUT2D eigenvalue weighted by molar-refractivity contribution is 5.83. The fourth-order valence-corrected chi connectivity index (χ4v) is 2.84. The number of para-hydroxylation sites is 1. The van der Waals surface area contributed by atoms with Gasteiger partial charge in [-0.1, -0.05) is 48.9 Å². The van der Waals surface area contributed by atoms with Crippen molar-refractivity contribution >= 4 is 11.0 Å². The molecule has 3 nitrogen and oxygen atoms in total. The number of hydrogen-bond acceptors (Lipinski definition) is 3. The highest BCUT2D eigenvalue weighted by Crippen LogP contribution is 2.27. The topological polar surface area (TPSA) is 50.4 Å². The molecule has 0 saturated heterocycles. The third kappa shape index (κ3) is 3.62. The molecule has 0 aliphatic carbocycles. The highest BCUT2D eigenvalue weighted by Gasteiger charge is 2.12. The van der Waals surface area contributed by atoms with Crippen molar-refractivity contribution in [2.24, 2.45) is 0 Å². The lowest BCUT2D eigenvalue weighted by atomic mass is 10.0. The Balaban J connectivity index is 1.60. The molecule has 1 heterocycles. The lowest BCUT2D eigenvalue weighted by molar-refractivity contribution is 0.454. The molecule has 1 aromatic heterocycles. The van der Waals surface area contributed by atoms with E-state index in [4.69, 9.17) is 4.42 Å². The predicted molar refractivity (Wildman–Crippen MR) is 91.8 cm³/mol. The molecule has 3 heteroatoms. The molecule has 0 unspecified atom stereocenters. The number of fused-ring (bicyclic) bond motifs is 1.